The van der Waals surface area contributed by atoms with Gasteiger partial charge in [0, 0.05) is 6.54 Å². The molecule has 2 atom stereocenters. The Balaban J connectivity index is 1.60. The fraction of sp³-hybridized carbons (Fsp3) is 0.316. The first-order valence-electron chi connectivity index (χ1n) is 8.54. The van der Waals surface area contributed by atoms with E-state index in [4.69, 9.17) is 4.42 Å². The molecular weight excluding hydrogens is 316 g/mol. The summed E-state index contributed by atoms with van der Waals surface area (Å²) in [6, 6.07) is 13.4. The number of carbonyl (C=O) groups excluding carboxylic acids is 1. The standard InChI is InChI=1S/C19H20N4O2/c1-14-9-10-22(17(12-14)18-8-5-11-25-18)19(24)16-13-23(21-20-16)15-6-3-2-4-7-15/h2-8,11,13-14,17H,9-10,12H2,1H3. The van der Waals surface area contributed by atoms with Crippen molar-refractivity contribution in [2.45, 2.75) is 25.8 Å². The van der Waals surface area contributed by atoms with Crippen LogP contribution in [0.1, 0.15) is 42.1 Å². The summed E-state index contributed by atoms with van der Waals surface area (Å²) in [6.45, 7) is 2.91. The maximum atomic E-state index is 13.0. The van der Waals surface area contributed by atoms with Gasteiger partial charge in [-0.1, -0.05) is 30.3 Å². The molecule has 4 rings (SSSR count). The highest BCUT2D eigenvalue weighted by molar-refractivity contribution is 5.92. The van der Waals surface area contributed by atoms with Gasteiger partial charge in [-0.15, -0.1) is 5.10 Å². The number of hydrogen-bond acceptors (Lipinski definition) is 4. The van der Waals surface area contributed by atoms with Gasteiger partial charge in [-0.3, -0.25) is 4.79 Å². The van der Waals surface area contributed by atoms with Crippen molar-refractivity contribution in [1.29, 1.82) is 0 Å². The molecule has 6 nitrogen and oxygen atoms in total. The van der Waals surface area contributed by atoms with Crippen molar-refractivity contribution in [2.24, 2.45) is 5.92 Å². The van der Waals surface area contributed by atoms with E-state index in [1.54, 1.807) is 17.1 Å². The zero-order chi connectivity index (χ0) is 17.2. The minimum Gasteiger partial charge on any atom is -0.467 e. The summed E-state index contributed by atoms with van der Waals surface area (Å²) in [5.74, 6) is 1.28. The molecule has 2 unspecified atom stereocenters. The number of likely N-dealkylation sites (tertiary alicyclic amines) is 1. The number of rotatable bonds is 3. The SMILES string of the molecule is CC1CCN(C(=O)c2cn(-c3ccccc3)nn2)C(c2ccco2)C1. The van der Waals surface area contributed by atoms with E-state index in [1.807, 2.05) is 47.4 Å². The Morgan fingerprint density at radius 3 is 2.80 bits per heavy atom. The first-order chi connectivity index (χ1) is 12.2. The van der Waals surface area contributed by atoms with Gasteiger partial charge >= 0.3 is 0 Å². The quantitative estimate of drug-likeness (QED) is 0.734. The number of nitrogens with zero attached hydrogens (tertiary/aromatic N) is 4. The average molecular weight is 336 g/mol. The van der Waals surface area contributed by atoms with Crippen molar-refractivity contribution < 1.29 is 9.21 Å². The number of para-hydroxylation sites is 1. The van der Waals surface area contributed by atoms with Gasteiger partial charge in [-0.25, -0.2) is 4.68 Å². The number of carbonyl (C=O) groups is 1. The molecule has 0 spiro atoms. The van der Waals surface area contributed by atoms with Crippen LogP contribution in [0.5, 0.6) is 0 Å². The summed E-state index contributed by atoms with van der Waals surface area (Å²) in [6.07, 6.45) is 5.22. The molecule has 6 heteroatoms. The number of furan rings is 1. The van der Waals surface area contributed by atoms with Crippen LogP contribution in [-0.2, 0) is 0 Å². The fourth-order valence-electron chi connectivity index (χ4n) is 3.35. The van der Waals surface area contributed by atoms with E-state index in [0.29, 0.717) is 18.2 Å². The maximum absolute atomic E-state index is 13.0. The van der Waals surface area contributed by atoms with E-state index in [2.05, 4.69) is 17.2 Å². The van der Waals surface area contributed by atoms with Gasteiger partial charge in [0.25, 0.3) is 5.91 Å². The Bertz CT molecular complexity index is 841. The van der Waals surface area contributed by atoms with E-state index in [-0.39, 0.29) is 11.9 Å². The summed E-state index contributed by atoms with van der Waals surface area (Å²) in [5.41, 5.74) is 1.24. The predicted molar refractivity (Wildman–Crippen MR) is 92.2 cm³/mol. The third-order valence-electron chi connectivity index (χ3n) is 4.73. The molecular formula is C19H20N4O2. The van der Waals surface area contributed by atoms with Gasteiger partial charge in [0.05, 0.1) is 24.2 Å². The Hall–Kier alpha value is -2.89. The Morgan fingerprint density at radius 2 is 2.04 bits per heavy atom. The molecule has 3 heterocycles. The summed E-state index contributed by atoms with van der Waals surface area (Å²) < 4.78 is 7.20. The summed E-state index contributed by atoms with van der Waals surface area (Å²) in [4.78, 5) is 14.9. The van der Waals surface area contributed by atoms with Crippen LogP contribution in [0, 0.1) is 5.92 Å². The molecule has 1 saturated heterocycles. The predicted octanol–water partition coefficient (Wildman–Crippen LogP) is 3.47. The molecule has 128 valence electrons. The van der Waals surface area contributed by atoms with Gasteiger partial charge < -0.3 is 9.32 Å². The number of benzene rings is 1. The third-order valence-corrected chi connectivity index (χ3v) is 4.73. The van der Waals surface area contributed by atoms with Crippen molar-refractivity contribution in [2.75, 3.05) is 6.54 Å². The molecule has 2 aromatic heterocycles. The lowest BCUT2D eigenvalue weighted by Crippen LogP contribution is -2.40. The lowest BCUT2D eigenvalue weighted by Gasteiger charge is -2.36. The van der Waals surface area contributed by atoms with E-state index in [9.17, 15) is 4.79 Å². The number of piperidine rings is 1. The monoisotopic (exact) mass is 336 g/mol. The van der Waals surface area contributed by atoms with Crippen LogP contribution in [0.3, 0.4) is 0 Å². The third kappa shape index (κ3) is 3.07. The van der Waals surface area contributed by atoms with Gasteiger partial charge in [0.1, 0.15) is 5.76 Å². The maximum Gasteiger partial charge on any atom is 0.276 e. The number of amides is 1. The van der Waals surface area contributed by atoms with E-state index < -0.39 is 0 Å². The second kappa shape index (κ2) is 6.55. The molecule has 1 aliphatic rings. The summed E-state index contributed by atoms with van der Waals surface area (Å²) >= 11 is 0. The zero-order valence-corrected chi connectivity index (χ0v) is 14.1. The van der Waals surface area contributed by atoms with E-state index in [1.165, 1.54) is 0 Å². The number of aromatic nitrogens is 3. The van der Waals surface area contributed by atoms with Crippen LogP contribution in [0.4, 0.5) is 0 Å². The highest BCUT2D eigenvalue weighted by atomic mass is 16.3. The van der Waals surface area contributed by atoms with Gasteiger partial charge in [-0.05, 0) is 43.0 Å². The lowest BCUT2D eigenvalue weighted by molar-refractivity contribution is 0.0515. The second-order valence-corrected chi connectivity index (χ2v) is 6.54. The van der Waals surface area contributed by atoms with Crippen LogP contribution in [0.2, 0.25) is 0 Å². The van der Waals surface area contributed by atoms with Gasteiger partial charge in [-0.2, -0.15) is 0 Å². The summed E-state index contributed by atoms with van der Waals surface area (Å²) in [5, 5.41) is 8.19. The first kappa shape index (κ1) is 15.6. The minimum absolute atomic E-state index is 0.0480. The Kier molecular flexibility index (Phi) is 4.09. The van der Waals surface area contributed by atoms with Crippen LogP contribution < -0.4 is 0 Å². The van der Waals surface area contributed by atoms with E-state index in [0.717, 1.165) is 24.3 Å². The normalized spacial score (nSPS) is 20.6. The largest absolute Gasteiger partial charge is 0.467 e. The molecule has 1 aliphatic heterocycles. The number of hydrogen-bond donors (Lipinski definition) is 0. The van der Waals surface area contributed by atoms with Crippen molar-refractivity contribution in [3.63, 3.8) is 0 Å². The second-order valence-electron chi connectivity index (χ2n) is 6.54. The molecule has 3 aromatic rings. The van der Waals surface area contributed by atoms with Crippen LogP contribution in [-0.4, -0.2) is 32.3 Å². The molecule has 1 fully saturated rings. The Labute approximate surface area is 146 Å². The van der Waals surface area contributed by atoms with Crippen molar-refractivity contribution in [3.8, 4) is 5.69 Å². The molecule has 25 heavy (non-hydrogen) atoms. The molecule has 1 aromatic carbocycles. The van der Waals surface area contributed by atoms with E-state index >= 15 is 0 Å². The average Bonchev–Trinajstić information content (AvgIpc) is 3.34. The molecule has 0 radical (unpaired) electrons. The topological polar surface area (TPSA) is 64.2 Å². The highest BCUT2D eigenvalue weighted by Crippen LogP contribution is 2.35. The fourth-order valence-corrected chi connectivity index (χ4v) is 3.35. The lowest BCUT2D eigenvalue weighted by atomic mass is 9.91. The Morgan fingerprint density at radius 1 is 1.20 bits per heavy atom. The summed E-state index contributed by atoms with van der Waals surface area (Å²) in [7, 11) is 0. The van der Waals surface area contributed by atoms with Crippen LogP contribution in [0.15, 0.2) is 59.3 Å². The van der Waals surface area contributed by atoms with Gasteiger partial charge in [0.15, 0.2) is 5.69 Å². The first-order valence-corrected chi connectivity index (χ1v) is 8.54. The van der Waals surface area contributed by atoms with Crippen molar-refractivity contribution >= 4 is 5.91 Å². The minimum atomic E-state index is -0.101. The molecule has 1 amide bonds. The van der Waals surface area contributed by atoms with Crippen LogP contribution in [0.25, 0.3) is 5.69 Å². The molecule has 0 bridgehead atoms. The van der Waals surface area contributed by atoms with Crippen molar-refractivity contribution in [1.82, 2.24) is 19.9 Å². The zero-order valence-electron chi connectivity index (χ0n) is 14.1. The molecule has 0 N–H and O–H groups in total. The smallest absolute Gasteiger partial charge is 0.276 e. The molecule has 0 saturated carbocycles. The van der Waals surface area contributed by atoms with Crippen LogP contribution >= 0.6 is 0 Å². The van der Waals surface area contributed by atoms with Gasteiger partial charge in [0.2, 0.25) is 0 Å². The molecule has 0 aliphatic carbocycles. The highest BCUT2D eigenvalue weighted by Gasteiger charge is 2.34. The van der Waals surface area contributed by atoms with Crippen molar-refractivity contribution in [3.05, 3.63) is 66.4 Å².